The van der Waals surface area contributed by atoms with E-state index in [1.54, 1.807) is 22.5 Å². The molecule has 0 amide bonds. The Balaban J connectivity index is 1.98. The predicted octanol–water partition coefficient (Wildman–Crippen LogP) is 3.92. The quantitative estimate of drug-likeness (QED) is 0.825. The fourth-order valence-electron chi connectivity index (χ4n) is 3.17. The normalized spacial score (nSPS) is 17.0. The van der Waals surface area contributed by atoms with Crippen molar-refractivity contribution in [2.24, 2.45) is 0 Å². The number of para-hydroxylation sites is 1. The number of anilines is 1. The molecule has 0 unspecified atom stereocenters. The van der Waals surface area contributed by atoms with Gasteiger partial charge in [-0.2, -0.15) is 0 Å². The van der Waals surface area contributed by atoms with Crippen molar-refractivity contribution in [2.75, 3.05) is 10.9 Å². The number of hydrogen-bond acceptors (Lipinski definition) is 3. The minimum absolute atomic E-state index is 0.0799. The molecule has 5 heteroatoms. The molecule has 0 aromatic heterocycles. The van der Waals surface area contributed by atoms with E-state index >= 15 is 0 Å². The predicted molar refractivity (Wildman–Crippen MR) is 96.2 cm³/mol. The topological polar surface area (TPSA) is 46.6 Å². The first-order chi connectivity index (χ1) is 11.4. The van der Waals surface area contributed by atoms with Gasteiger partial charge in [-0.05, 0) is 62.1 Å². The summed E-state index contributed by atoms with van der Waals surface area (Å²) in [6.45, 7) is 6.50. The lowest BCUT2D eigenvalue weighted by Crippen LogP contribution is -2.35. The van der Waals surface area contributed by atoms with Crippen molar-refractivity contribution in [3.8, 4) is 5.75 Å². The molecule has 0 fully saturated rings. The number of ether oxygens (including phenoxy) is 1. The summed E-state index contributed by atoms with van der Waals surface area (Å²) in [5, 5.41) is 0. The highest BCUT2D eigenvalue weighted by Crippen LogP contribution is 2.37. The summed E-state index contributed by atoms with van der Waals surface area (Å²) in [5.41, 5.74) is 2.70. The molecule has 0 saturated heterocycles. The molecule has 2 aromatic rings. The van der Waals surface area contributed by atoms with E-state index in [0.29, 0.717) is 11.5 Å². The van der Waals surface area contributed by atoms with Gasteiger partial charge < -0.3 is 4.74 Å². The Kier molecular flexibility index (Phi) is 4.54. The van der Waals surface area contributed by atoms with E-state index in [1.165, 1.54) is 0 Å². The molecule has 0 radical (unpaired) electrons. The van der Waals surface area contributed by atoms with Gasteiger partial charge in [-0.1, -0.05) is 25.1 Å². The minimum atomic E-state index is -3.58. The summed E-state index contributed by atoms with van der Waals surface area (Å²) in [6.07, 6.45) is 1.66. The van der Waals surface area contributed by atoms with Gasteiger partial charge >= 0.3 is 0 Å². The Morgan fingerprint density at radius 3 is 2.67 bits per heavy atom. The van der Waals surface area contributed by atoms with Crippen LogP contribution in [0.5, 0.6) is 5.75 Å². The van der Waals surface area contributed by atoms with Crippen LogP contribution in [0.1, 0.15) is 31.4 Å². The van der Waals surface area contributed by atoms with Crippen LogP contribution in [0.3, 0.4) is 0 Å². The van der Waals surface area contributed by atoms with Crippen LogP contribution in [0.25, 0.3) is 0 Å². The molecule has 1 heterocycles. The zero-order valence-corrected chi connectivity index (χ0v) is 15.1. The Bertz CT molecular complexity index is 845. The third kappa shape index (κ3) is 2.88. The molecule has 4 nitrogen and oxygen atoms in total. The maximum absolute atomic E-state index is 13.2. The molecule has 3 rings (SSSR count). The van der Waals surface area contributed by atoms with Gasteiger partial charge in [0.1, 0.15) is 5.75 Å². The molecule has 1 aliphatic heterocycles. The SMILES string of the molecule is CCCOc1ccc(S(=O)(=O)N2c3ccccc3C[C@H]2C)cc1C. The van der Waals surface area contributed by atoms with Crippen molar-refractivity contribution >= 4 is 15.7 Å². The van der Waals surface area contributed by atoms with Crippen molar-refractivity contribution in [3.05, 3.63) is 53.6 Å². The Morgan fingerprint density at radius 2 is 1.96 bits per heavy atom. The molecule has 0 aliphatic carbocycles. The van der Waals surface area contributed by atoms with E-state index in [2.05, 4.69) is 0 Å². The molecular formula is C19H23NO3S. The zero-order valence-electron chi connectivity index (χ0n) is 14.3. The Labute approximate surface area is 144 Å². The number of hydrogen-bond donors (Lipinski definition) is 0. The van der Waals surface area contributed by atoms with Crippen LogP contribution in [0, 0.1) is 6.92 Å². The average molecular weight is 345 g/mol. The zero-order chi connectivity index (χ0) is 17.3. The van der Waals surface area contributed by atoms with Crippen molar-refractivity contribution < 1.29 is 13.2 Å². The van der Waals surface area contributed by atoms with Gasteiger partial charge in [0, 0.05) is 6.04 Å². The molecule has 0 spiro atoms. The largest absolute Gasteiger partial charge is 0.493 e. The molecule has 0 saturated carbocycles. The number of rotatable bonds is 5. The lowest BCUT2D eigenvalue weighted by atomic mass is 10.1. The van der Waals surface area contributed by atoms with Gasteiger partial charge in [0.15, 0.2) is 0 Å². The van der Waals surface area contributed by atoms with E-state index in [0.717, 1.165) is 35.4 Å². The van der Waals surface area contributed by atoms with Crippen molar-refractivity contribution in [3.63, 3.8) is 0 Å². The maximum atomic E-state index is 13.2. The van der Waals surface area contributed by atoms with Gasteiger partial charge in [0.2, 0.25) is 0 Å². The van der Waals surface area contributed by atoms with Crippen LogP contribution in [-0.2, 0) is 16.4 Å². The molecular weight excluding hydrogens is 322 g/mol. The maximum Gasteiger partial charge on any atom is 0.264 e. The number of nitrogens with zero attached hydrogens (tertiary/aromatic N) is 1. The second-order valence-corrected chi connectivity index (χ2v) is 8.07. The summed E-state index contributed by atoms with van der Waals surface area (Å²) in [7, 11) is -3.58. The molecule has 0 N–H and O–H groups in total. The van der Waals surface area contributed by atoms with E-state index < -0.39 is 10.0 Å². The Hall–Kier alpha value is -2.01. The van der Waals surface area contributed by atoms with Gasteiger partial charge in [0.05, 0.1) is 17.2 Å². The van der Waals surface area contributed by atoms with E-state index in [4.69, 9.17) is 4.74 Å². The van der Waals surface area contributed by atoms with Gasteiger partial charge in [-0.25, -0.2) is 8.42 Å². The first-order valence-corrected chi connectivity index (χ1v) is 9.75. The number of fused-ring (bicyclic) bond motifs is 1. The third-order valence-corrected chi connectivity index (χ3v) is 6.23. The molecule has 1 atom stereocenters. The average Bonchev–Trinajstić information content (AvgIpc) is 2.90. The van der Waals surface area contributed by atoms with E-state index in [9.17, 15) is 8.42 Å². The third-order valence-electron chi connectivity index (χ3n) is 4.31. The lowest BCUT2D eigenvalue weighted by molar-refractivity contribution is 0.315. The van der Waals surface area contributed by atoms with Gasteiger partial charge in [0.25, 0.3) is 10.0 Å². The van der Waals surface area contributed by atoms with E-state index in [-0.39, 0.29) is 6.04 Å². The summed E-state index contributed by atoms with van der Waals surface area (Å²) in [4.78, 5) is 0.312. The van der Waals surface area contributed by atoms with Crippen molar-refractivity contribution in [2.45, 2.75) is 44.6 Å². The summed E-state index contributed by atoms with van der Waals surface area (Å²) < 4.78 is 33.5. The highest BCUT2D eigenvalue weighted by molar-refractivity contribution is 7.92. The minimum Gasteiger partial charge on any atom is -0.493 e. The van der Waals surface area contributed by atoms with Crippen LogP contribution in [-0.4, -0.2) is 21.1 Å². The molecule has 24 heavy (non-hydrogen) atoms. The highest BCUT2D eigenvalue weighted by atomic mass is 32.2. The van der Waals surface area contributed by atoms with Gasteiger partial charge in [-0.3, -0.25) is 4.31 Å². The first kappa shape index (κ1) is 16.8. The molecule has 128 valence electrons. The number of aryl methyl sites for hydroxylation is 1. The summed E-state index contributed by atoms with van der Waals surface area (Å²) >= 11 is 0. The molecule has 2 aromatic carbocycles. The smallest absolute Gasteiger partial charge is 0.264 e. The van der Waals surface area contributed by atoms with E-state index in [1.807, 2.05) is 45.0 Å². The van der Waals surface area contributed by atoms with Crippen LogP contribution in [0.4, 0.5) is 5.69 Å². The standard InChI is InChI=1S/C19H23NO3S/c1-4-11-23-19-10-9-17(12-14(19)2)24(21,22)20-15(3)13-16-7-5-6-8-18(16)20/h5-10,12,15H,4,11,13H2,1-3H3/t15-/m1/s1. The van der Waals surface area contributed by atoms with Crippen LogP contribution >= 0.6 is 0 Å². The molecule has 0 bridgehead atoms. The lowest BCUT2D eigenvalue weighted by Gasteiger charge is -2.25. The number of benzene rings is 2. The van der Waals surface area contributed by atoms with Crippen LogP contribution in [0.15, 0.2) is 47.4 Å². The van der Waals surface area contributed by atoms with Crippen LogP contribution in [0.2, 0.25) is 0 Å². The number of sulfonamides is 1. The second-order valence-electron chi connectivity index (χ2n) is 6.26. The summed E-state index contributed by atoms with van der Waals surface area (Å²) in [5.74, 6) is 0.741. The molecule has 1 aliphatic rings. The second kappa shape index (κ2) is 6.48. The van der Waals surface area contributed by atoms with Gasteiger partial charge in [-0.15, -0.1) is 0 Å². The fourth-order valence-corrected chi connectivity index (χ4v) is 4.95. The van der Waals surface area contributed by atoms with Crippen molar-refractivity contribution in [1.29, 1.82) is 0 Å². The monoisotopic (exact) mass is 345 g/mol. The first-order valence-electron chi connectivity index (χ1n) is 8.31. The van der Waals surface area contributed by atoms with Crippen molar-refractivity contribution in [1.82, 2.24) is 0 Å². The Morgan fingerprint density at radius 1 is 1.21 bits per heavy atom. The fraction of sp³-hybridized carbons (Fsp3) is 0.368. The summed E-state index contributed by atoms with van der Waals surface area (Å²) in [6, 6.07) is 12.7. The van der Waals surface area contributed by atoms with Crippen LogP contribution < -0.4 is 9.04 Å². The highest BCUT2D eigenvalue weighted by Gasteiger charge is 2.35.